The lowest BCUT2D eigenvalue weighted by molar-refractivity contribution is -0.119. The Kier molecular flexibility index (Phi) is 6.44. The van der Waals surface area contributed by atoms with Crippen molar-refractivity contribution in [2.45, 2.75) is 13.5 Å². The summed E-state index contributed by atoms with van der Waals surface area (Å²) in [5.74, 6) is 0.859. The first kappa shape index (κ1) is 21.1. The average Bonchev–Trinajstić information content (AvgIpc) is 3.14. The van der Waals surface area contributed by atoms with Gasteiger partial charge in [-0.25, -0.2) is 8.42 Å². The number of furan rings is 1. The number of nitrogens with one attached hydrogen (secondary N) is 1. The van der Waals surface area contributed by atoms with Gasteiger partial charge in [-0.1, -0.05) is 46.3 Å². The minimum atomic E-state index is -3.61. The minimum absolute atomic E-state index is 0.167. The Labute approximate surface area is 178 Å². The van der Waals surface area contributed by atoms with Crippen molar-refractivity contribution >= 4 is 37.5 Å². The van der Waals surface area contributed by atoms with Crippen molar-refractivity contribution in [3.63, 3.8) is 0 Å². The summed E-state index contributed by atoms with van der Waals surface area (Å²) >= 11 is 3.39. The van der Waals surface area contributed by atoms with Gasteiger partial charge in [-0.05, 0) is 42.8 Å². The quantitative estimate of drug-likeness (QED) is 0.556. The molecule has 0 spiro atoms. The summed E-state index contributed by atoms with van der Waals surface area (Å²) in [6.45, 7) is 1.67. The number of aryl methyl sites for hydroxylation is 1. The Morgan fingerprint density at radius 3 is 2.41 bits per heavy atom. The molecule has 152 valence electrons. The number of hydrogen-bond donors (Lipinski definition) is 1. The van der Waals surface area contributed by atoms with E-state index in [1.165, 1.54) is 0 Å². The van der Waals surface area contributed by atoms with Gasteiger partial charge in [0, 0.05) is 10.0 Å². The van der Waals surface area contributed by atoms with Crippen molar-refractivity contribution in [2.24, 2.45) is 0 Å². The molecular weight excluding hydrogens is 456 g/mol. The number of anilines is 1. The molecule has 2 aromatic carbocycles. The first-order chi connectivity index (χ1) is 13.7. The molecular formula is C21H21BrN2O4S. The van der Waals surface area contributed by atoms with Crippen LogP contribution in [-0.4, -0.2) is 27.1 Å². The second kappa shape index (κ2) is 8.84. The van der Waals surface area contributed by atoms with Crippen LogP contribution in [0, 0.1) is 6.92 Å². The van der Waals surface area contributed by atoms with Crippen molar-refractivity contribution in [2.75, 3.05) is 17.1 Å². The van der Waals surface area contributed by atoms with Crippen LogP contribution in [0.3, 0.4) is 0 Å². The molecule has 0 aliphatic carbocycles. The highest BCUT2D eigenvalue weighted by Crippen LogP contribution is 2.24. The topological polar surface area (TPSA) is 79.6 Å². The van der Waals surface area contributed by atoms with E-state index < -0.39 is 15.9 Å². The predicted molar refractivity (Wildman–Crippen MR) is 117 cm³/mol. The number of carbonyl (C=O) groups is 1. The highest BCUT2D eigenvalue weighted by molar-refractivity contribution is 9.10. The van der Waals surface area contributed by atoms with Crippen LogP contribution in [0.15, 0.2) is 69.6 Å². The normalized spacial score (nSPS) is 11.3. The molecule has 3 aromatic rings. The Morgan fingerprint density at radius 1 is 1.07 bits per heavy atom. The van der Waals surface area contributed by atoms with E-state index in [2.05, 4.69) is 21.2 Å². The molecule has 1 amide bonds. The maximum atomic E-state index is 12.4. The highest BCUT2D eigenvalue weighted by Gasteiger charge is 2.22. The lowest BCUT2D eigenvalue weighted by Gasteiger charge is -2.23. The van der Waals surface area contributed by atoms with Gasteiger partial charge in [-0.2, -0.15) is 0 Å². The fourth-order valence-corrected chi connectivity index (χ4v) is 4.02. The summed E-state index contributed by atoms with van der Waals surface area (Å²) in [7, 11) is -3.61. The second-order valence-electron chi connectivity index (χ2n) is 6.61. The van der Waals surface area contributed by atoms with Crippen LogP contribution in [0.4, 0.5) is 5.69 Å². The van der Waals surface area contributed by atoms with Gasteiger partial charge >= 0.3 is 0 Å². The maximum Gasteiger partial charge on any atom is 0.241 e. The summed E-state index contributed by atoms with van der Waals surface area (Å²) < 4.78 is 32.3. The SMILES string of the molecule is Cc1ccccc1N(CC(=O)NCc1ccc(-c2ccc(Br)cc2)o1)S(C)(=O)=O. The molecule has 0 unspecified atom stereocenters. The van der Waals surface area contributed by atoms with Gasteiger partial charge in [0.15, 0.2) is 0 Å². The van der Waals surface area contributed by atoms with Crippen molar-refractivity contribution in [3.8, 4) is 11.3 Å². The Bertz CT molecular complexity index is 1110. The summed E-state index contributed by atoms with van der Waals surface area (Å²) in [4.78, 5) is 12.4. The molecule has 1 heterocycles. The van der Waals surface area contributed by atoms with Gasteiger partial charge in [-0.15, -0.1) is 0 Å². The van der Waals surface area contributed by atoms with Gasteiger partial charge in [0.2, 0.25) is 15.9 Å². The van der Waals surface area contributed by atoms with Crippen LogP contribution in [-0.2, 0) is 21.4 Å². The van der Waals surface area contributed by atoms with Gasteiger partial charge in [0.25, 0.3) is 0 Å². The zero-order valence-electron chi connectivity index (χ0n) is 16.1. The summed E-state index contributed by atoms with van der Waals surface area (Å²) in [6, 6.07) is 18.4. The molecule has 1 aromatic heterocycles. The lowest BCUT2D eigenvalue weighted by atomic mass is 10.2. The molecule has 0 aliphatic rings. The van der Waals surface area contributed by atoms with E-state index in [9.17, 15) is 13.2 Å². The fourth-order valence-electron chi connectivity index (χ4n) is 2.84. The molecule has 0 saturated heterocycles. The molecule has 8 heteroatoms. The van der Waals surface area contributed by atoms with Crippen LogP contribution < -0.4 is 9.62 Å². The summed E-state index contributed by atoms with van der Waals surface area (Å²) in [6.07, 6.45) is 1.09. The van der Waals surface area contributed by atoms with Gasteiger partial charge in [0.1, 0.15) is 18.1 Å². The third-order valence-corrected chi connectivity index (χ3v) is 5.98. The van der Waals surface area contributed by atoms with E-state index in [1.807, 2.05) is 36.4 Å². The smallest absolute Gasteiger partial charge is 0.241 e. The molecule has 3 rings (SSSR count). The van der Waals surface area contributed by atoms with Crippen LogP contribution >= 0.6 is 15.9 Å². The molecule has 0 bridgehead atoms. The molecule has 1 N–H and O–H groups in total. The van der Waals surface area contributed by atoms with Crippen molar-refractivity contribution < 1.29 is 17.6 Å². The Morgan fingerprint density at radius 2 is 1.76 bits per heavy atom. The Hall–Kier alpha value is -2.58. The van der Waals surface area contributed by atoms with Crippen molar-refractivity contribution in [1.29, 1.82) is 0 Å². The average molecular weight is 477 g/mol. The first-order valence-corrected chi connectivity index (χ1v) is 11.5. The molecule has 0 atom stereocenters. The zero-order valence-corrected chi connectivity index (χ0v) is 18.5. The number of benzene rings is 2. The molecule has 0 radical (unpaired) electrons. The molecule has 6 nitrogen and oxygen atoms in total. The summed E-state index contributed by atoms with van der Waals surface area (Å²) in [5, 5.41) is 2.72. The van der Waals surface area contributed by atoms with Crippen molar-refractivity contribution in [1.82, 2.24) is 5.32 Å². The molecule has 0 saturated carbocycles. The standard InChI is InChI=1S/C21H21BrN2O4S/c1-15-5-3-4-6-19(15)24(29(2,26)27)14-21(25)23-13-18-11-12-20(28-18)16-7-9-17(22)10-8-16/h3-12H,13-14H2,1-2H3,(H,23,25). The van der Waals surface area contributed by atoms with E-state index in [0.717, 1.165) is 26.2 Å². The summed E-state index contributed by atoms with van der Waals surface area (Å²) in [5.41, 5.74) is 2.19. The lowest BCUT2D eigenvalue weighted by Crippen LogP contribution is -2.40. The largest absolute Gasteiger partial charge is 0.459 e. The van der Waals surface area contributed by atoms with Gasteiger partial charge in [0.05, 0.1) is 18.5 Å². The number of rotatable bonds is 7. The first-order valence-electron chi connectivity index (χ1n) is 8.89. The predicted octanol–water partition coefficient (Wildman–Crippen LogP) is 4.10. The Balaban J connectivity index is 1.66. The third kappa shape index (κ3) is 5.48. The fraction of sp³-hybridized carbons (Fsp3) is 0.190. The van der Waals surface area contributed by atoms with Crippen LogP contribution in [0.2, 0.25) is 0 Å². The number of hydrogen-bond acceptors (Lipinski definition) is 4. The number of halogens is 1. The van der Waals surface area contributed by atoms with E-state index in [0.29, 0.717) is 17.2 Å². The monoisotopic (exact) mass is 476 g/mol. The number of para-hydroxylation sites is 1. The zero-order chi connectivity index (χ0) is 21.0. The molecule has 29 heavy (non-hydrogen) atoms. The number of amides is 1. The van der Waals surface area contributed by atoms with Crippen LogP contribution in [0.1, 0.15) is 11.3 Å². The van der Waals surface area contributed by atoms with Crippen LogP contribution in [0.5, 0.6) is 0 Å². The van der Waals surface area contributed by atoms with E-state index in [4.69, 9.17) is 4.42 Å². The molecule has 0 aliphatic heterocycles. The highest BCUT2D eigenvalue weighted by atomic mass is 79.9. The third-order valence-electron chi connectivity index (χ3n) is 4.32. The second-order valence-corrected chi connectivity index (χ2v) is 9.43. The van der Waals surface area contributed by atoms with E-state index in [1.54, 1.807) is 31.2 Å². The van der Waals surface area contributed by atoms with E-state index >= 15 is 0 Å². The minimum Gasteiger partial charge on any atom is -0.459 e. The van der Waals surface area contributed by atoms with Gasteiger partial charge in [-0.3, -0.25) is 9.10 Å². The number of nitrogens with zero attached hydrogens (tertiary/aromatic N) is 1. The number of carbonyl (C=O) groups excluding carboxylic acids is 1. The maximum absolute atomic E-state index is 12.4. The van der Waals surface area contributed by atoms with Gasteiger partial charge < -0.3 is 9.73 Å². The number of sulfonamides is 1. The van der Waals surface area contributed by atoms with Crippen molar-refractivity contribution in [3.05, 3.63) is 76.5 Å². The van der Waals surface area contributed by atoms with E-state index in [-0.39, 0.29) is 13.1 Å². The van der Waals surface area contributed by atoms with Crippen LogP contribution in [0.25, 0.3) is 11.3 Å². The molecule has 0 fully saturated rings.